The fourth-order valence-electron chi connectivity index (χ4n) is 2.60. The molecule has 0 spiro atoms. The molecule has 0 radical (unpaired) electrons. The first-order valence-corrected chi connectivity index (χ1v) is 9.71. The first-order valence-electron chi connectivity index (χ1n) is 8.45. The summed E-state index contributed by atoms with van der Waals surface area (Å²) >= 11 is 7.36. The number of hydrogen-bond acceptors (Lipinski definition) is 7. The second-order valence-corrected chi connectivity index (χ2v) is 6.95. The summed E-state index contributed by atoms with van der Waals surface area (Å²) in [5.41, 5.74) is 0.759. The maximum absolute atomic E-state index is 12.7. The van der Waals surface area contributed by atoms with Crippen LogP contribution in [0, 0.1) is 10.1 Å². The van der Waals surface area contributed by atoms with Crippen LogP contribution in [0.4, 0.5) is 10.8 Å². The number of nitrogens with one attached hydrogen (secondary N) is 1. The maximum atomic E-state index is 12.7. The molecule has 1 aromatic heterocycles. The molecule has 29 heavy (non-hydrogen) atoms. The Bertz CT molecular complexity index is 1070. The molecule has 0 saturated carbocycles. The summed E-state index contributed by atoms with van der Waals surface area (Å²) < 4.78 is 10.5. The number of carbonyl (C=O) groups excluding carboxylic acids is 1. The van der Waals surface area contributed by atoms with Crippen LogP contribution in [0.3, 0.4) is 0 Å². The number of carbonyl (C=O) groups is 1. The molecule has 3 aromatic rings. The van der Waals surface area contributed by atoms with Crippen molar-refractivity contribution in [3.05, 3.63) is 62.5 Å². The Morgan fingerprint density at radius 3 is 2.72 bits per heavy atom. The van der Waals surface area contributed by atoms with Gasteiger partial charge in [-0.1, -0.05) is 29.8 Å². The summed E-state index contributed by atoms with van der Waals surface area (Å²) in [6.45, 7) is 2.06. The zero-order chi connectivity index (χ0) is 21.0. The van der Waals surface area contributed by atoms with Gasteiger partial charge in [0, 0.05) is 22.0 Å². The first kappa shape index (κ1) is 20.6. The summed E-state index contributed by atoms with van der Waals surface area (Å²) in [7, 11) is 1.37. The van der Waals surface area contributed by atoms with Gasteiger partial charge in [-0.3, -0.25) is 20.2 Å². The Balaban J connectivity index is 1.92. The lowest BCUT2D eigenvalue weighted by atomic mass is 10.1. The van der Waals surface area contributed by atoms with E-state index < -0.39 is 16.5 Å². The molecular formula is C19H16ClN3O5S. The SMILES string of the molecule is CCOc1cc(C(=O)Nc2nc(-c3ccccc3Cl)cs2)c([N+](=O)[O-])cc1OC. The van der Waals surface area contributed by atoms with Gasteiger partial charge in [0.15, 0.2) is 16.6 Å². The van der Waals surface area contributed by atoms with Crippen LogP contribution in [0.1, 0.15) is 17.3 Å². The molecule has 0 aliphatic carbocycles. The minimum atomic E-state index is -0.680. The molecule has 0 aliphatic heterocycles. The number of rotatable bonds is 7. The van der Waals surface area contributed by atoms with Crippen LogP contribution in [0.2, 0.25) is 5.02 Å². The number of ether oxygens (including phenoxy) is 2. The minimum Gasteiger partial charge on any atom is -0.493 e. The molecule has 3 rings (SSSR count). The van der Waals surface area contributed by atoms with Crippen molar-refractivity contribution in [2.45, 2.75) is 6.92 Å². The predicted octanol–water partition coefficient (Wildman–Crippen LogP) is 5.03. The van der Waals surface area contributed by atoms with Gasteiger partial charge >= 0.3 is 0 Å². The van der Waals surface area contributed by atoms with Gasteiger partial charge in [-0.25, -0.2) is 4.98 Å². The average molecular weight is 434 g/mol. The number of anilines is 1. The third-order valence-corrected chi connectivity index (χ3v) is 4.98. The lowest BCUT2D eigenvalue weighted by molar-refractivity contribution is -0.385. The van der Waals surface area contributed by atoms with Crippen LogP contribution in [0.15, 0.2) is 41.8 Å². The van der Waals surface area contributed by atoms with Crippen LogP contribution in [0.25, 0.3) is 11.3 Å². The van der Waals surface area contributed by atoms with Gasteiger partial charge in [0.2, 0.25) is 0 Å². The number of hydrogen-bond donors (Lipinski definition) is 1. The van der Waals surface area contributed by atoms with Crippen LogP contribution in [0.5, 0.6) is 11.5 Å². The molecule has 0 aliphatic rings. The summed E-state index contributed by atoms with van der Waals surface area (Å²) in [4.78, 5) is 27.9. The number of amides is 1. The highest BCUT2D eigenvalue weighted by molar-refractivity contribution is 7.14. The van der Waals surface area contributed by atoms with Crippen molar-refractivity contribution >= 4 is 39.7 Å². The number of nitrogens with zero attached hydrogens (tertiary/aromatic N) is 2. The summed E-state index contributed by atoms with van der Waals surface area (Å²) in [6, 6.07) is 9.64. The third-order valence-electron chi connectivity index (χ3n) is 3.90. The molecule has 150 valence electrons. The lowest BCUT2D eigenvalue weighted by Crippen LogP contribution is -2.14. The van der Waals surface area contributed by atoms with Crippen molar-refractivity contribution in [3.8, 4) is 22.8 Å². The Kier molecular flexibility index (Phi) is 6.30. The largest absolute Gasteiger partial charge is 0.493 e. The maximum Gasteiger partial charge on any atom is 0.286 e. The molecule has 1 heterocycles. The Morgan fingerprint density at radius 1 is 1.31 bits per heavy atom. The van der Waals surface area contributed by atoms with Crippen molar-refractivity contribution in [3.63, 3.8) is 0 Å². The van der Waals surface area contributed by atoms with E-state index in [1.165, 1.54) is 24.5 Å². The molecule has 2 aromatic carbocycles. The number of nitro groups is 1. The number of nitro benzene ring substituents is 1. The van der Waals surface area contributed by atoms with Crippen LogP contribution in [-0.4, -0.2) is 29.5 Å². The predicted molar refractivity (Wildman–Crippen MR) is 111 cm³/mol. The third kappa shape index (κ3) is 4.47. The van der Waals surface area contributed by atoms with Crippen LogP contribution < -0.4 is 14.8 Å². The molecule has 1 amide bonds. The van der Waals surface area contributed by atoms with Gasteiger partial charge in [0.1, 0.15) is 5.56 Å². The first-order chi connectivity index (χ1) is 13.9. The monoisotopic (exact) mass is 433 g/mol. The highest BCUT2D eigenvalue weighted by Gasteiger charge is 2.25. The fourth-order valence-corrected chi connectivity index (χ4v) is 3.54. The van der Waals surface area contributed by atoms with E-state index >= 15 is 0 Å². The van der Waals surface area contributed by atoms with Crippen LogP contribution >= 0.6 is 22.9 Å². The van der Waals surface area contributed by atoms with Gasteiger partial charge in [0.05, 0.1) is 30.4 Å². The van der Waals surface area contributed by atoms with Crippen LogP contribution in [-0.2, 0) is 0 Å². The van der Waals surface area contributed by atoms with E-state index in [2.05, 4.69) is 10.3 Å². The van der Waals surface area contributed by atoms with Gasteiger partial charge in [0.25, 0.3) is 11.6 Å². The standard InChI is InChI=1S/C19H16ClN3O5S/c1-3-28-17-8-12(15(23(25)26)9-16(17)27-2)18(24)22-19-21-14(10-29-19)11-6-4-5-7-13(11)20/h4-10H,3H2,1-2H3,(H,21,22,24). The molecule has 0 bridgehead atoms. The van der Waals surface area contributed by atoms with E-state index in [1.807, 2.05) is 12.1 Å². The molecular weight excluding hydrogens is 418 g/mol. The molecule has 0 fully saturated rings. The number of halogens is 1. The average Bonchev–Trinajstić information content (AvgIpc) is 3.16. The molecule has 10 heteroatoms. The Hall–Kier alpha value is -3.17. The second kappa shape index (κ2) is 8.89. The zero-order valence-corrected chi connectivity index (χ0v) is 17.0. The van der Waals surface area contributed by atoms with Gasteiger partial charge < -0.3 is 9.47 Å². The van der Waals surface area contributed by atoms with Gasteiger partial charge in [-0.05, 0) is 13.0 Å². The molecule has 8 nitrogen and oxygen atoms in total. The number of thiazole rings is 1. The second-order valence-electron chi connectivity index (χ2n) is 5.68. The van der Waals surface area contributed by atoms with Gasteiger partial charge in [-0.15, -0.1) is 11.3 Å². The lowest BCUT2D eigenvalue weighted by Gasteiger charge is -2.11. The van der Waals surface area contributed by atoms with Crippen molar-refractivity contribution < 1.29 is 19.2 Å². The Morgan fingerprint density at radius 2 is 2.07 bits per heavy atom. The van der Waals surface area contributed by atoms with Crippen molar-refractivity contribution in [2.75, 3.05) is 19.0 Å². The molecule has 0 atom stereocenters. The fraction of sp³-hybridized carbons (Fsp3) is 0.158. The van der Waals surface area contributed by atoms with Crippen molar-refractivity contribution in [1.82, 2.24) is 4.98 Å². The summed E-state index contributed by atoms with van der Waals surface area (Å²) in [6.07, 6.45) is 0. The van der Waals surface area contributed by atoms with E-state index in [4.69, 9.17) is 21.1 Å². The van der Waals surface area contributed by atoms with E-state index in [0.29, 0.717) is 17.3 Å². The number of methoxy groups -OCH3 is 1. The normalized spacial score (nSPS) is 10.4. The highest BCUT2D eigenvalue weighted by Crippen LogP contribution is 2.36. The smallest absolute Gasteiger partial charge is 0.286 e. The van der Waals surface area contributed by atoms with Gasteiger partial charge in [-0.2, -0.15) is 0 Å². The summed E-state index contributed by atoms with van der Waals surface area (Å²) in [5, 5.41) is 16.6. The number of aromatic nitrogens is 1. The van der Waals surface area contributed by atoms with E-state index in [-0.39, 0.29) is 22.2 Å². The quantitative estimate of drug-likeness (QED) is 0.414. The highest BCUT2D eigenvalue weighted by atomic mass is 35.5. The molecule has 1 N–H and O–H groups in total. The zero-order valence-electron chi connectivity index (χ0n) is 15.5. The Labute approximate surface area is 175 Å². The minimum absolute atomic E-state index is 0.159. The topological polar surface area (TPSA) is 104 Å². The van der Waals surface area contributed by atoms with Crippen molar-refractivity contribution in [2.24, 2.45) is 0 Å². The number of benzene rings is 2. The van der Waals surface area contributed by atoms with E-state index in [0.717, 1.165) is 11.6 Å². The van der Waals surface area contributed by atoms with E-state index in [9.17, 15) is 14.9 Å². The summed E-state index contributed by atoms with van der Waals surface area (Å²) in [5.74, 6) is -0.271. The van der Waals surface area contributed by atoms with E-state index in [1.54, 1.807) is 24.4 Å². The van der Waals surface area contributed by atoms with Crippen molar-refractivity contribution in [1.29, 1.82) is 0 Å². The molecule has 0 unspecified atom stereocenters. The molecule has 0 saturated heterocycles.